The first-order valence-corrected chi connectivity index (χ1v) is 19.6. The zero-order valence-corrected chi connectivity index (χ0v) is 29.8. The van der Waals surface area contributed by atoms with Crippen LogP contribution in [0.3, 0.4) is 0 Å². The monoisotopic (exact) mass is 680 g/mol. The van der Waals surface area contributed by atoms with Gasteiger partial charge in [0.2, 0.25) is 0 Å². The van der Waals surface area contributed by atoms with Crippen molar-refractivity contribution in [2.45, 2.75) is 110 Å². The molecular weight excluding hydrogens is 620 g/mol. The molecule has 0 saturated heterocycles. The molecule has 12 atom stereocenters. The van der Waals surface area contributed by atoms with Gasteiger partial charge in [0.25, 0.3) is 0 Å². The molecule has 6 aliphatic carbocycles. The second-order valence-corrected chi connectivity index (χ2v) is 16.8. The highest BCUT2D eigenvalue weighted by Crippen LogP contribution is 2.63. The van der Waals surface area contributed by atoms with Gasteiger partial charge in [0.15, 0.2) is 0 Å². The molecule has 0 aliphatic heterocycles. The molecule has 6 saturated carbocycles. The third kappa shape index (κ3) is 8.81. The van der Waals surface area contributed by atoms with Gasteiger partial charge in [-0.25, -0.2) is 9.59 Å². The minimum atomic E-state index is -0.330. The minimum Gasteiger partial charge on any atom is -0.465 e. The van der Waals surface area contributed by atoms with Gasteiger partial charge in [0.1, 0.15) is 0 Å². The van der Waals surface area contributed by atoms with E-state index in [1.54, 1.807) is 6.92 Å². The highest BCUT2D eigenvalue weighted by atomic mass is 16.5. The van der Waals surface area contributed by atoms with Crippen molar-refractivity contribution in [1.82, 2.24) is 0 Å². The highest BCUT2D eigenvalue weighted by Gasteiger charge is 2.57. The van der Waals surface area contributed by atoms with Gasteiger partial charge in [-0.1, -0.05) is 38.8 Å². The Balaban J connectivity index is 0.750. The molecule has 0 aromatic heterocycles. The molecule has 8 heteroatoms. The largest absolute Gasteiger partial charge is 0.465 e. The number of carbonyl (C=O) groups is 4. The molecule has 8 nitrogen and oxygen atoms in total. The quantitative estimate of drug-likeness (QED) is 0.0594. The smallest absolute Gasteiger partial charge is 0.333 e. The van der Waals surface area contributed by atoms with E-state index in [0.717, 1.165) is 87.9 Å². The molecular formula is C41H60O8. The third-order valence-corrected chi connectivity index (χ3v) is 13.8. The van der Waals surface area contributed by atoms with Crippen molar-refractivity contribution in [1.29, 1.82) is 0 Å². The van der Waals surface area contributed by atoms with Gasteiger partial charge < -0.3 is 18.9 Å². The van der Waals surface area contributed by atoms with Gasteiger partial charge in [-0.15, -0.1) is 0 Å². The van der Waals surface area contributed by atoms with Crippen molar-refractivity contribution < 1.29 is 38.1 Å². The molecule has 0 spiro atoms. The molecule has 272 valence electrons. The molecule has 0 aromatic carbocycles. The maximum Gasteiger partial charge on any atom is 0.333 e. The van der Waals surface area contributed by atoms with E-state index in [9.17, 15) is 19.2 Å². The topological polar surface area (TPSA) is 105 Å². The van der Waals surface area contributed by atoms with Crippen LogP contribution < -0.4 is 0 Å². The summed E-state index contributed by atoms with van der Waals surface area (Å²) in [7, 11) is 0. The summed E-state index contributed by atoms with van der Waals surface area (Å²) in [4.78, 5) is 48.2. The van der Waals surface area contributed by atoms with Gasteiger partial charge in [0.05, 0.1) is 26.4 Å². The number of rotatable bonds is 19. The SMILES string of the molecule is C=CC(=O)OCC1CC2C3C[C@@H](CC3COC(=O)CCCCCCCCC(=O)OCC3CC4C5C[C@@H](CC5COC(=O)C(=C)C)[C@H]4C3)[C@H]2C1. The third-order valence-electron chi connectivity index (χ3n) is 13.8. The fourth-order valence-corrected chi connectivity index (χ4v) is 11.7. The normalized spacial score (nSPS) is 36.3. The lowest BCUT2D eigenvalue weighted by Crippen LogP contribution is -2.28. The molecule has 0 amide bonds. The van der Waals surface area contributed by atoms with Crippen LogP contribution in [0, 0.1) is 71.0 Å². The Morgan fingerprint density at radius 2 is 1.00 bits per heavy atom. The average molecular weight is 681 g/mol. The van der Waals surface area contributed by atoms with Gasteiger partial charge >= 0.3 is 23.9 Å². The van der Waals surface area contributed by atoms with Crippen LogP contribution in [-0.4, -0.2) is 50.3 Å². The van der Waals surface area contributed by atoms with Gasteiger partial charge in [-0.05, 0) is 142 Å². The maximum atomic E-state index is 12.5. The summed E-state index contributed by atoms with van der Waals surface area (Å²) >= 11 is 0. The summed E-state index contributed by atoms with van der Waals surface area (Å²) < 4.78 is 22.3. The summed E-state index contributed by atoms with van der Waals surface area (Å²) in [6.45, 7) is 11.0. The van der Waals surface area contributed by atoms with Crippen LogP contribution in [0.2, 0.25) is 0 Å². The average Bonchev–Trinajstić information content (AvgIpc) is 3.93. The predicted molar refractivity (Wildman–Crippen MR) is 185 cm³/mol. The van der Waals surface area contributed by atoms with E-state index in [1.165, 1.54) is 31.8 Å². The van der Waals surface area contributed by atoms with Crippen LogP contribution in [0.1, 0.15) is 110 Å². The zero-order valence-electron chi connectivity index (χ0n) is 29.8. The van der Waals surface area contributed by atoms with E-state index in [0.29, 0.717) is 92.2 Å². The molecule has 6 rings (SSSR count). The lowest BCUT2D eigenvalue weighted by molar-refractivity contribution is -0.146. The summed E-state index contributed by atoms with van der Waals surface area (Å²) in [6, 6.07) is 0. The fourth-order valence-electron chi connectivity index (χ4n) is 11.7. The second kappa shape index (κ2) is 16.6. The van der Waals surface area contributed by atoms with Crippen LogP contribution in [-0.2, 0) is 38.1 Å². The molecule has 6 aliphatic rings. The van der Waals surface area contributed by atoms with E-state index in [1.807, 2.05) is 0 Å². The van der Waals surface area contributed by atoms with E-state index >= 15 is 0 Å². The summed E-state index contributed by atoms with van der Waals surface area (Å²) in [5, 5.41) is 0. The Kier molecular flexibility index (Phi) is 12.2. The first kappa shape index (κ1) is 36.2. The summed E-state index contributed by atoms with van der Waals surface area (Å²) in [5.74, 6) is 6.82. The first-order chi connectivity index (χ1) is 23.7. The van der Waals surface area contributed by atoms with Crippen LogP contribution in [0.15, 0.2) is 24.8 Å². The van der Waals surface area contributed by atoms with Crippen LogP contribution >= 0.6 is 0 Å². The van der Waals surface area contributed by atoms with Gasteiger partial charge in [-0.3, -0.25) is 9.59 Å². The molecule has 0 N–H and O–H groups in total. The van der Waals surface area contributed by atoms with E-state index < -0.39 is 0 Å². The minimum absolute atomic E-state index is 0.0647. The summed E-state index contributed by atoms with van der Waals surface area (Å²) in [5.41, 5.74) is 0.463. The first-order valence-electron chi connectivity index (χ1n) is 19.6. The molecule has 0 heterocycles. The van der Waals surface area contributed by atoms with Crippen molar-refractivity contribution in [2.75, 3.05) is 26.4 Å². The molecule has 6 fully saturated rings. The maximum absolute atomic E-state index is 12.5. The lowest BCUT2D eigenvalue weighted by Gasteiger charge is -2.31. The summed E-state index contributed by atoms with van der Waals surface area (Å²) in [6.07, 6.45) is 17.6. The Morgan fingerprint density at radius 3 is 1.51 bits per heavy atom. The Hall–Kier alpha value is -2.64. The molecule has 49 heavy (non-hydrogen) atoms. The van der Waals surface area contributed by atoms with Gasteiger partial charge in [-0.2, -0.15) is 0 Å². The number of esters is 4. The van der Waals surface area contributed by atoms with Crippen molar-refractivity contribution in [3.63, 3.8) is 0 Å². The molecule has 4 bridgehead atoms. The lowest BCUT2D eigenvalue weighted by atomic mass is 9.76. The number of fused-ring (bicyclic) bond motifs is 10. The van der Waals surface area contributed by atoms with Crippen molar-refractivity contribution in [2.24, 2.45) is 71.0 Å². The number of unbranched alkanes of at least 4 members (excludes halogenated alkanes) is 5. The Labute approximate surface area is 293 Å². The van der Waals surface area contributed by atoms with Crippen LogP contribution in [0.4, 0.5) is 0 Å². The highest BCUT2D eigenvalue weighted by molar-refractivity contribution is 5.86. The fraction of sp³-hybridized carbons (Fsp3) is 0.805. The second-order valence-electron chi connectivity index (χ2n) is 16.8. The van der Waals surface area contributed by atoms with Crippen molar-refractivity contribution in [3.05, 3.63) is 24.8 Å². The standard InChI is InChI=1S/C41H60O8/c1-4-38(42)46-21-26-13-32-28-17-30(34(19-28)36(32)15-26)23-48-40(44)12-10-8-6-5-7-9-11-39(43)47-22-27-14-33-29-18-31(24-49-41(45)25(2)3)35(20-29)37(33)16-27/h4,26-37H,1-2,5-24H2,3H3/t26?,27?,28-,29-,30?,31?,32-,33-,34?,35?,36?,37?/m1/s1. The van der Waals surface area contributed by atoms with E-state index in [-0.39, 0.29) is 23.9 Å². The number of hydrogen-bond donors (Lipinski definition) is 0. The number of carbonyl (C=O) groups excluding carboxylic acids is 4. The Morgan fingerprint density at radius 1 is 0.551 bits per heavy atom. The molecule has 0 radical (unpaired) electrons. The van der Waals surface area contributed by atoms with Crippen molar-refractivity contribution >= 4 is 23.9 Å². The molecule has 8 unspecified atom stereocenters. The van der Waals surface area contributed by atoms with E-state index in [4.69, 9.17) is 18.9 Å². The zero-order chi connectivity index (χ0) is 34.5. The van der Waals surface area contributed by atoms with Gasteiger partial charge in [0, 0.05) is 24.5 Å². The predicted octanol–water partition coefficient (Wildman–Crippen LogP) is 7.64. The van der Waals surface area contributed by atoms with Crippen LogP contribution in [0.25, 0.3) is 0 Å². The van der Waals surface area contributed by atoms with Crippen LogP contribution in [0.5, 0.6) is 0 Å². The van der Waals surface area contributed by atoms with E-state index in [2.05, 4.69) is 13.2 Å². The van der Waals surface area contributed by atoms with Crippen molar-refractivity contribution in [3.8, 4) is 0 Å². The molecule has 0 aromatic rings. The number of ether oxygens (including phenoxy) is 4. The Bertz CT molecular complexity index is 1230. The number of hydrogen-bond acceptors (Lipinski definition) is 8.